The highest BCUT2D eigenvalue weighted by Crippen LogP contribution is 2.26. The zero-order chi connectivity index (χ0) is 19.0. The van der Waals surface area contributed by atoms with Gasteiger partial charge in [0.1, 0.15) is 11.1 Å². The monoisotopic (exact) mass is 368 g/mol. The standard InChI is InChI=1S/C17H16N6O4/c1-3-23(4-2)10-6-5-9-7-11(17(24)25-12(9)8-10)16-19-15(22-26-16)13-14(18)21-27-20-13/h5-8H,3-4H2,1-2H3,(H2,18,21). The highest BCUT2D eigenvalue weighted by Gasteiger charge is 2.20. The van der Waals surface area contributed by atoms with E-state index in [0.29, 0.717) is 5.58 Å². The molecule has 0 saturated carbocycles. The molecule has 4 rings (SSSR count). The predicted molar refractivity (Wildman–Crippen MR) is 97.0 cm³/mol. The fourth-order valence-electron chi connectivity index (χ4n) is 2.81. The van der Waals surface area contributed by atoms with E-state index in [1.165, 1.54) is 0 Å². The lowest BCUT2D eigenvalue weighted by Crippen LogP contribution is -2.21. The van der Waals surface area contributed by atoms with Crippen LogP contribution in [0.3, 0.4) is 0 Å². The number of hydrogen-bond donors (Lipinski definition) is 1. The lowest BCUT2D eigenvalue weighted by molar-refractivity contribution is 0.310. The molecule has 27 heavy (non-hydrogen) atoms. The molecule has 0 saturated heterocycles. The number of nitrogen functional groups attached to an aromatic ring is 1. The molecule has 0 bridgehead atoms. The van der Waals surface area contributed by atoms with E-state index in [1.54, 1.807) is 6.07 Å². The average Bonchev–Trinajstić information content (AvgIpc) is 3.31. The second kappa shape index (κ2) is 6.56. The minimum atomic E-state index is -0.583. The molecule has 138 valence electrons. The summed E-state index contributed by atoms with van der Waals surface area (Å²) in [7, 11) is 0. The fraction of sp³-hybridized carbons (Fsp3) is 0.235. The van der Waals surface area contributed by atoms with Crippen molar-refractivity contribution >= 4 is 22.5 Å². The van der Waals surface area contributed by atoms with E-state index >= 15 is 0 Å². The van der Waals surface area contributed by atoms with Crippen LogP contribution in [0.15, 0.2) is 42.6 Å². The summed E-state index contributed by atoms with van der Waals surface area (Å²) in [5, 5.41) is 11.6. The van der Waals surface area contributed by atoms with Gasteiger partial charge in [-0.05, 0) is 42.4 Å². The molecule has 10 heteroatoms. The highest BCUT2D eigenvalue weighted by molar-refractivity contribution is 5.83. The number of anilines is 2. The number of fused-ring (bicyclic) bond motifs is 1. The fourth-order valence-corrected chi connectivity index (χ4v) is 2.81. The average molecular weight is 368 g/mol. The van der Waals surface area contributed by atoms with Crippen molar-refractivity contribution in [2.45, 2.75) is 13.8 Å². The van der Waals surface area contributed by atoms with Crippen LogP contribution in [-0.2, 0) is 0 Å². The first-order valence-corrected chi connectivity index (χ1v) is 8.36. The Hall–Kier alpha value is -3.69. The Morgan fingerprint density at radius 3 is 2.63 bits per heavy atom. The Balaban J connectivity index is 1.76. The van der Waals surface area contributed by atoms with E-state index in [1.807, 2.05) is 18.2 Å². The first kappa shape index (κ1) is 16.8. The zero-order valence-corrected chi connectivity index (χ0v) is 14.7. The van der Waals surface area contributed by atoms with Crippen LogP contribution in [0.25, 0.3) is 33.9 Å². The van der Waals surface area contributed by atoms with Gasteiger partial charge < -0.3 is 19.6 Å². The SMILES string of the molecule is CCN(CC)c1ccc2cc(-c3nc(-c4nonc4N)no3)c(=O)oc2c1. The van der Waals surface area contributed by atoms with Crippen LogP contribution < -0.4 is 16.3 Å². The van der Waals surface area contributed by atoms with Gasteiger partial charge in [0.25, 0.3) is 5.89 Å². The molecule has 1 aromatic carbocycles. The van der Waals surface area contributed by atoms with Crippen molar-refractivity contribution in [2.75, 3.05) is 23.7 Å². The van der Waals surface area contributed by atoms with Crippen LogP contribution in [0, 0.1) is 0 Å². The summed E-state index contributed by atoms with van der Waals surface area (Å²) < 4.78 is 15.1. The van der Waals surface area contributed by atoms with Gasteiger partial charge in [0.05, 0.1) is 0 Å². The molecule has 0 atom stereocenters. The molecule has 0 spiro atoms. The van der Waals surface area contributed by atoms with Gasteiger partial charge in [0.2, 0.25) is 5.82 Å². The van der Waals surface area contributed by atoms with Gasteiger partial charge in [-0.3, -0.25) is 0 Å². The molecule has 0 radical (unpaired) electrons. The third-order valence-corrected chi connectivity index (χ3v) is 4.23. The van der Waals surface area contributed by atoms with Crippen LogP contribution in [0.4, 0.5) is 11.5 Å². The molecule has 0 unspecified atom stereocenters. The van der Waals surface area contributed by atoms with Crippen molar-refractivity contribution in [2.24, 2.45) is 0 Å². The molecular weight excluding hydrogens is 352 g/mol. The van der Waals surface area contributed by atoms with Crippen LogP contribution in [0.1, 0.15) is 13.8 Å². The van der Waals surface area contributed by atoms with Gasteiger partial charge in [-0.1, -0.05) is 5.16 Å². The third-order valence-electron chi connectivity index (χ3n) is 4.23. The van der Waals surface area contributed by atoms with Crippen molar-refractivity contribution in [1.29, 1.82) is 0 Å². The zero-order valence-electron chi connectivity index (χ0n) is 14.7. The van der Waals surface area contributed by atoms with Crippen molar-refractivity contribution in [3.8, 4) is 23.0 Å². The normalized spacial score (nSPS) is 11.2. The highest BCUT2D eigenvalue weighted by atomic mass is 16.6. The number of rotatable bonds is 5. The molecule has 0 aliphatic rings. The lowest BCUT2D eigenvalue weighted by Gasteiger charge is -2.20. The second-order valence-corrected chi connectivity index (χ2v) is 5.76. The Morgan fingerprint density at radius 2 is 1.93 bits per heavy atom. The number of hydrogen-bond acceptors (Lipinski definition) is 10. The Morgan fingerprint density at radius 1 is 1.11 bits per heavy atom. The van der Waals surface area contributed by atoms with Gasteiger partial charge in [0, 0.05) is 30.2 Å². The van der Waals surface area contributed by atoms with Gasteiger partial charge >= 0.3 is 5.63 Å². The first-order chi connectivity index (χ1) is 13.1. The molecule has 0 amide bonds. The quantitative estimate of drug-likeness (QED) is 0.522. The van der Waals surface area contributed by atoms with E-state index in [2.05, 4.69) is 43.8 Å². The summed E-state index contributed by atoms with van der Waals surface area (Å²) in [6, 6.07) is 7.34. The van der Waals surface area contributed by atoms with Gasteiger partial charge in [-0.2, -0.15) is 4.98 Å². The molecule has 0 aliphatic heterocycles. The maximum atomic E-state index is 12.4. The Labute approximate surface area is 152 Å². The van der Waals surface area contributed by atoms with Crippen LogP contribution >= 0.6 is 0 Å². The largest absolute Gasteiger partial charge is 0.422 e. The lowest BCUT2D eigenvalue weighted by atomic mass is 10.1. The number of benzene rings is 1. The predicted octanol–water partition coefficient (Wildman–Crippen LogP) is 2.32. The Bertz CT molecular complexity index is 1160. The summed E-state index contributed by atoms with van der Waals surface area (Å²) in [4.78, 5) is 18.7. The maximum absolute atomic E-state index is 12.4. The summed E-state index contributed by atoms with van der Waals surface area (Å²) in [5.74, 6) is 0.0906. The van der Waals surface area contributed by atoms with Crippen LogP contribution in [0.5, 0.6) is 0 Å². The maximum Gasteiger partial charge on any atom is 0.349 e. The number of aromatic nitrogens is 4. The molecule has 3 aromatic heterocycles. The molecule has 0 fully saturated rings. The van der Waals surface area contributed by atoms with Crippen molar-refractivity contribution in [1.82, 2.24) is 20.5 Å². The minimum Gasteiger partial charge on any atom is -0.422 e. The number of nitrogens with two attached hydrogens (primary N) is 1. The summed E-state index contributed by atoms with van der Waals surface area (Å²) in [5.41, 5.74) is 6.78. The Kier molecular flexibility index (Phi) is 4.07. The number of nitrogens with zero attached hydrogens (tertiary/aromatic N) is 5. The molecule has 10 nitrogen and oxygen atoms in total. The molecule has 3 heterocycles. The summed E-state index contributed by atoms with van der Waals surface area (Å²) >= 11 is 0. The van der Waals surface area contributed by atoms with Crippen molar-refractivity contribution < 1.29 is 13.6 Å². The van der Waals surface area contributed by atoms with E-state index in [0.717, 1.165) is 24.2 Å². The van der Waals surface area contributed by atoms with Crippen LogP contribution in [-0.4, -0.2) is 33.5 Å². The smallest absolute Gasteiger partial charge is 0.349 e. The molecule has 2 N–H and O–H groups in total. The van der Waals surface area contributed by atoms with Crippen LogP contribution in [0.2, 0.25) is 0 Å². The molecular formula is C17H16N6O4. The van der Waals surface area contributed by atoms with Gasteiger partial charge in [-0.15, -0.1) is 0 Å². The van der Waals surface area contributed by atoms with Gasteiger partial charge in [-0.25, -0.2) is 9.42 Å². The minimum absolute atomic E-state index is 0.00382. The summed E-state index contributed by atoms with van der Waals surface area (Å²) in [6.45, 7) is 5.85. The van der Waals surface area contributed by atoms with E-state index in [9.17, 15) is 4.79 Å². The summed E-state index contributed by atoms with van der Waals surface area (Å²) in [6.07, 6.45) is 0. The van der Waals surface area contributed by atoms with E-state index in [4.69, 9.17) is 14.7 Å². The topological polar surface area (TPSA) is 137 Å². The first-order valence-electron chi connectivity index (χ1n) is 8.36. The van der Waals surface area contributed by atoms with Gasteiger partial charge in [0.15, 0.2) is 11.5 Å². The third kappa shape index (κ3) is 2.90. The molecule has 0 aliphatic carbocycles. The van der Waals surface area contributed by atoms with E-state index in [-0.39, 0.29) is 28.8 Å². The second-order valence-electron chi connectivity index (χ2n) is 5.76. The van der Waals surface area contributed by atoms with Crippen molar-refractivity contribution in [3.63, 3.8) is 0 Å². The molecule has 4 aromatic rings. The van der Waals surface area contributed by atoms with E-state index < -0.39 is 5.63 Å². The van der Waals surface area contributed by atoms with Crippen molar-refractivity contribution in [3.05, 3.63) is 34.7 Å².